The molecule has 0 radical (unpaired) electrons. The number of benzene rings is 1. The maximum atomic E-state index is 12.9. The SMILES string of the molecule is O=C(NC1CCCN(c2ncccn2)C1)c1cn2c3c(cccc3c1=O)CC2. The highest BCUT2D eigenvalue weighted by Crippen LogP contribution is 2.24. The first kappa shape index (κ1) is 16.9. The molecule has 1 saturated heterocycles. The molecule has 0 bridgehead atoms. The Kier molecular flexibility index (Phi) is 4.07. The van der Waals surface area contributed by atoms with Crippen LogP contribution in [-0.2, 0) is 13.0 Å². The number of rotatable bonds is 3. The average molecular weight is 375 g/mol. The van der Waals surface area contributed by atoms with Crippen LogP contribution in [0.5, 0.6) is 0 Å². The van der Waals surface area contributed by atoms with Gasteiger partial charge >= 0.3 is 0 Å². The van der Waals surface area contributed by atoms with Crippen LogP contribution >= 0.6 is 0 Å². The van der Waals surface area contributed by atoms with Gasteiger partial charge in [0.15, 0.2) is 0 Å². The van der Waals surface area contributed by atoms with Crippen molar-refractivity contribution in [3.8, 4) is 0 Å². The van der Waals surface area contributed by atoms with Gasteiger partial charge in [0.05, 0.1) is 5.52 Å². The molecule has 3 aromatic rings. The zero-order valence-electron chi connectivity index (χ0n) is 15.5. The summed E-state index contributed by atoms with van der Waals surface area (Å²) >= 11 is 0. The van der Waals surface area contributed by atoms with E-state index in [9.17, 15) is 9.59 Å². The lowest BCUT2D eigenvalue weighted by Gasteiger charge is -2.33. The standard InChI is InChI=1S/C21H21N5O2/c27-19-16-6-1-4-14-7-11-25(18(14)16)13-17(19)20(28)24-15-5-2-10-26(12-15)21-22-8-3-9-23-21/h1,3-4,6,8-9,13,15H,2,5,7,10-12H2,(H,24,28). The minimum atomic E-state index is -0.297. The predicted molar refractivity (Wildman–Crippen MR) is 107 cm³/mol. The fraction of sp³-hybridized carbons (Fsp3) is 0.333. The first-order chi connectivity index (χ1) is 13.7. The minimum absolute atomic E-state index is 0.0370. The van der Waals surface area contributed by atoms with Gasteiger partial charge in [-0.15, -0.1) is 0 Å². The Hall–Kier alpha value is -3.22. The van der Waals surface area contributed by atoms with Crippen molar-refractivity contribution in [2.75, 3.05) is 18.0 Å². The molecule has 2 aliphatic heterocycles. The van der Waals surface area contributed by atoms with Crippen molar-refractivity contribution in [2.24, 2.45) is 0 Å². The van der Waals surface area contributed by atoms with Gasteiger partial charge in [-0.25, -0.2) is 9.97 Å². The van der Waals surface area contributed by atoms with E-state index in [1.807, 2.05) is 22.8 Å². The number of nitrogens with zero attached hydrogens (tertiary/aromatic N) is 4. The molecule has 1 atom stereocenters. The topological polar surface area (TPSA) is 80.1 Å². The lowest BCUT2D eigenvalue weighted by atomic mass is 10.0. The molecule has 4 heterocycles. The smallest absolute Gasteiger partial charge is 0.257 e. The van der Waals surface area contributed by atoms with E-state index in [0.29, 0.717) is 17.9 Å². The quantitative estimate of drug-likeness (QED) is 0.754. The molecule has 1 aromatic carbocycles. The van der Waals surface area contributed by atoms with Crippen molar-refractivity contribution in [3.05, 3.63) is 64.2 Å². The van der Waals surface area contributed by atoms with E-state index < -0.39 is 0 Å². The first-order valence-corrected chi connectivity index (χ1v) is 9.68. The molecular formula is C21H21N5O2. The number of nitrogens with one attached hydrogen (secondary N) is 1. The third kappa shape index (κ3) is 2.83. The molecule has 28 heavy (non-hydrogen) atoms. The number of aromatic nitrogens is 3. The Balaban J connectivity index is 1.39. The van der Waals surface area contributed by atoms with Crippen molar-refractivity contribution >= 4 is 22.8 Å². The highest BCUT2D eigenvalue weighted by Gasteiger charge is 2.26. The number of piperidine rings is 1. The highest BCUT2D eigenvalue weighted by molar-refractivity contribution is 5.98. The summed E-state index contributed by atoms with van der Waals surface area (Å²) in [5, 5.41) is 3.69. The second-order valence-electron chi connectivity index (χ2n) is 7.44. The number of hydrogen-bond acceptors (Lipinski definition) is 5. The Morgan fingerprint density at radius 2 is 2.00 bits per heavy atom. The number of amides is 1. The third-order valence-corrected chi connectivity index (χ3v) is 5.64. The highest BCUT2D eigenvalue weighted by atomic mass is 16.2. The van der Waals surface area contributed by atoms with Gasteiger partial charge in [-0.05, 0) is 37.0 Å². The van der Waals surface area contributed by atoms with Crippen LogP contribution in [-0.4, -0.2) is 39.6 Å². The van der Waals surface area contributed by atoms with Crippen molar-refractivity contribution in [3.63, 3.8) is 0 Å². The summed E-state index contributed by atoms with van der Waals surface area (Å²) in [4.78, 5) is 36.5. The predicted octanol–water partition coefficient (Wildman–Crippen LogP) is 1.75. The van der Waals surface area contributed by atoms with Crippen molar-refractivity contribution in [1.29, 1.82) is 0 Å². The lowest BCUT2D eigenvalue weighted by molar-refractivity contribution is 0.0931. The van der Waals surface area contributed by atoms with Gasteiger partial charge in [0.1, 0.15) is 5.56 Å². The van der Waals surface area contributed by atoms with E-state index >= 15 is 0 Å². The molecule has 1 fully saturated rings. The van der Waals surface area contributed by atoms with Gasteiger partial charge < -0.3 is 14.8 Å². The van der Waals surface area contributed by atoms with E-state index in [4.69, 9.17) is 0 Å². The molecule has 1 amide bonds. The maximum Gasteiger partial charge on any atom is 0.257 e. The molecule has 7 heteroatoms. The van der Waals surface area contributed by atoms with Crippen LogP contribution in [0, 0.1) is 0 Å². The van der Waals surface area contributed by atoms with Gasteiger partial charge in [-0.2, -0.15) is 0 Å². The van der Waals surface area contributed by atoms with Gasteiger partial charge in [0.2, 0.25) is 11.4 Å². The van der Waals surface area contributed by atoms with Crippen LogP contribution in [0.3, 0.4) is 0 Å². The number of hydrogen-bond donors (Lipinski definition) is 1. The van der Waals surface area contributed by atoms with Crippen LogP contribution < -0.4 is 15.6 Å². The Morgan fingerprint density at radius 1 is 1.14 bits per heavy atom. The van der Waals surface area contributed by atoms with Crippen LogP contribution in [0.1, 0.15) is 28.8 Å². The van der Waals surface area contributed by atoms with E-state index in [1.54, 1.807) is 24.7 Å². The van der Waals surface area contributed by atoms with Gasteiger partial charge in [-0.3, -0.25) is 9.59 Å². The summed E-state index contributed by atoms with van der Waals surface area (Å²) in [7, 11) is 0. The van der Waals surface area contributed by atoms with Gasteiger partial charge in [0.25, 0.3) is 5.91 Å². The first-order valence-electron chi connectivity index (χ1n) is 9.68. The zero-order valence-corrected chi connectivity index (χ0v) is 15.5. The fourth-order valence-electron chi connectivity index (χ4n) is 4.31. The second kappa shape index (κ2) is 6.74. The van der Waals surface area contributed by atoms with Gasteiger partial charge in [0, 0.05) is 49.7 Å². The number of carbonyl (C=O) groups is 1. The van der Waals surface area contributed by atoms with E-state index in [2.05, 4.69) is 20.2 Å². The maximum absolute atomic E-state index is 12.9. The van der Waals surface area contributed by atoms with E-state index in [0.717, 1.165) is 37.9 Å². The largest absolute Gasteiger partial charge is 0.347 e. The summed E-state index contributed by atoms with van der Waals surface area (Å²) in [6.07, 6.45) is 7.87. The van der Waals surface area contributed by atoms with E-state index in [-0.39, 0.29) is 22.9 Å². The Labute approximate surface area is 162 Å². The fourth-order valence-corrected chi connectivity index (χ4v) is 4.31. The lowest BCUT2D eigenvalue weighted by Crippen LogP contribution is -2.49. The average Bonchev–Trinajstić information content (AvgIpc) is 3.15. The molecule has 2 aliphatic rings. The normalized spacial score (nSPS) is 18.4. The van der Waals surface area contributed by atoms with Crippen molar-refractivity contribution in [1.82, 2.24) is 19.9 Å². The summed E-state index contributed by atoms with van der Waals surface area (Å²) in [5.74, 6) is 0.377. The minimum Gasteiger partial charge on any atom is -0.347 e. The molecule has 2 aromatic heterocycles. The molecule has 0 aliphatic carbocycles. The number of carbonyl (C=O) groups excluding carboxylic acids is 1. The van der Waals surface area contributed by atoms with Gasteiger partial charge in [-0.1, -0.05) is 12.1 Å². The summed E-state index contributed by atoms with van der Waals surface area (Å²) < 4.78 is 2.03. The van der Waals surface area contributed by atoms with Crippen molar-refractivity contribution < 1.29 is 4.79 Å². The molecule has 0 spiro atoms. The molecular weight excluding hydrogens is 354 g/mol. The molecule has 0 saturated carbocycles. The van der Waals surface area contributed by atoms with Crippen LogP contribution in [0.4, 0.5) is 5.95 Å². The number of para-hydroxylation sites is 1. The number of pyridine rings is 1. The Bertz CT molecular complexity index is 1110. The molecule has 5 rings (SSSR count). The zero-order chi connectivity index (χ0) is 19.1. The van der Waals surface area contributed by atoms with E-state index in [1.165, 1.54) is 5.56 Å². The second-order valence-corrected chi connectivity index (χ2v) is 7.44. The van der Waals surface area contributed by atoms with Crippen LogP contribution in [0.2, 0.25) is 0 Å². The number of anilines is 1. The summed E-state index contributed by atoms with van der Waals surface area (Å²) in [5.41, 5.74) is 2.17. The number of aryl methyl sites for hydroxylation is 2. The summed E-state index contributed by atoms with van der Waals surface area (Å²) in [6, 6.07) is 7.51. The Morgan fingerprint density at radius 3 is 2.86 bits per heavy atom. The molecule has 7 nitrogen and oxygen atoms in total. The molecule has 1 N–H and O–H groups in total. The van der Waals surface area contributed by atoms with Crippen LogP contribution in [0.15, 0.2) is 47.7 Å². The third-order valence-electron chi connectivity index (χ3n) is 5.64. The van der Waals surface area contributed by atoms with Crippen molar-refractivity contribution in [2.45, 2.75) is 31.8 Å². The van der Waals surface area contributed by atoms with Crippen LogP contribution in [0.25, 0.3) is 10.9 Å². The monoisotopic (exact) mass is 375 g/mol. The molecule has 142 valence electrons. The molecule has 1 unspecified atom stereocenters. The summed E-state index contributed by atoms with van der Waals surface area (Å²) in [6.45, 7) is 2.31.